The van der Waals surface area contributed by atoms with E-state index in [1.54, 1.807) is 0 Å². The summed E-state index contributed by atoms with van der Waals surface area (Å²) in [4.78, 5) is 4.17. The molecule has 2 atom stereocenters. The number of alkyl halides is 3. The van der Waals surface area contributed by atoms with Crippen molar-refractivity contribution in [3.8, 4) is 0 Å². The zero-order valence-corrected chi connectivity index (χ0v) is 15.9. The molecule has 0 spiro atoms. The fourth-order valence-electron chi connectivity index (χ4n) is 2.82. The van der Waals surface area contributed by atoms with Gasteiger partial charge in [-0.25, -0.2) is 0 Å². The van der Waals surface area contributed by atoms with E-state index in [9.17, 15) is 13.2 Å². The summed E-state index contributed by atoms with van der Waals surface area (Å²) in [7, 11) is 0. The van der Waals surface area contributed by atoms with Crippen molar-refractivity contribution in [1.82, 2.24) is 9.80 Å². The summed E-state index contributed by atoms with van der Waals surface area (Å²) >= 11 is 0. The normalized spacial score (nSPS) is 21.8. The van der Waals surface area contributed by atoms with E-state index in [0.29, 0.717) is 13.1 Å². The maximum Gasteiger partial charge on any atom is 0.394 e. The number of halogens is 3. The molecule has 1 rings (SSSR count). The molecule has 0 aromatic rings. The highest BCUT2D eigenvalue weighted by Gasteiger charge is 2.45. The first-order chi connectivity index (χ1) is 10.7. The van der Waals surface area contributed by atoms with Crippen molar-refractivity contribution in [2.24, 2.45) is 11.7 Å². The Morgan fingerprint density at radius 1 is 0.958 bits per heavy atom. The van der Waals surface area contributed by atoms with Crippen LogP contribution in [0.2, 0.25) is 0 Å². The predicted molar refractivity (Wildman–Crippen MR) is 91.0 cm³/mol. The third-order valence-electron chi connectivity index (χ3n) is 4.42. The lowest BCUT2D eigenvalue weighted by atomic mass is 9.98. The van der Waals surface area contributed by atoms with Crippen molar-refractivity contribution in [3.63, 3.8) is 0 Å². The highest BCUT2D eigenvalue weighted by Crippen LogP contribution is 2.30. The first-order valence-corrected chi connectivity index (χ1v) is 8.64. The van der Waals surface area contributed by atoms with E-state index in [2.05, 4.69) is 25.7 Å². The topological polar surface area (TPSA) is 41.7 Å². The van der Waals surface area contributed by atoms with Crippen LogP contribution in [0.15, 0.2) is 0 Å². The van der Waals surface area contributed by atoms with Crippen LogP contribution in [-0.4, -0.2) is 72.5 Å². The lowest BCUT2D eigenvalue weighted by Crippen LogP contribution is -2.56. The smallest absolute Gasteiger partial charge is 0.374 e. The number of rotatable bonds is 5. The molecule has 0 radical (unpaired) electrons. The van der Waals surface area contributed by atoms with Crippen molar-refractivity contribution >= 4 is 0 Å². The average molecular weight is 353 g/mol. The third-order valence-corrected chi connectivity index (χ3v) is 4.42. The van der Waals surface area contributed by atoms with E-state index in [1.165, 1.54) is 0 Å². The Balaban J connectivity index is 2.62. The van der Waals surface area contributed by atoms with Crippen molar-refractivity contribution in [1.29, 1.82) is 0 Å². The molecule has 7 heteroatoms. The largest absolute Gasteiger partial charge is 0.394 e. The maximum atomic E-state index is 13.4. The van der Waals surface area contributed by atoms with Crippen LogP contribution in [0.1, 0.15) is 41.5 Å². The van der Waals surface area contributed by atoms with E-state index in [1.807, 2.05) is 25.7 Å². The van der Waals surface area contributed by atoms with Gasteiger partial charge >= 0.3 is 6.18 Å². The molecular formula is C17H34F3N3O. The second-order valence-electron chi connectivity index (χ2n) is 8.69. The van der Waals surface area contributed by atoms with Crippen LogP contribution < -0.4 is 5.73 Å². The molecule has 2 unspecified atom stereocenters. The minimum absolute atomic E-state index is 0.0481. The van der Waals surface area contributed by atoms with Crippen molar-refractivity contribution in [2.45, 2.75) is 64.9 Å². The van der Waals surface area contributed by atoms with Crippen LogP contribution in [0.4, 0.5) is 13.2 Å². The Labute approximate surface area is 144 Å². The Kier molecular flexibility index (Phi) is 7.13. The second-order valence-corrected chi connectivity index (χ2v) is 8.69. The van der Waals surface area contributed by atoms with Gasteiger partial charge < -0.3 is 15.4 Å². The van der Waals surface area contributed by atoms with Crippen molar-refractivity contribution < 1.29 is 17.9 Å². The Morgan fingerprint density at radius 3 is 1.83 bits per heavy atom. The summed E-state index contributed by atoms with van der Waals surface area (Å²) in [5.41, 5.74) is 5.40. The monoisotopic (exact) mass is 353 g/mol. The van der Waals surface area contributed by atoms with Gasteiger partial charge in [0.2, 0.25) is 0 Å². The molecule has 0 bridgehead atoms. The number of hydrogen-bond donors (Lipinski definition) is 1. The van der Waals surface area contributed by atoms with Crippen LogP contribution in [0.5, 0.6) is 0 Å². The first-order valence-electron chi connectivity index (χ1n) is 8.64. The van der Waals surface area contributed by atoms with Gasteiger partial charge in [0.25, 0.3) is 0 Å². The Hall–Kier alpha value is -0.370. The van der Waals surface area contributed by atoms with Gasteiger partial charge in [0.15, 0.2) is 0 Å². The third kappa shape index (κ3) is 7.25. The molecule has 1 aliphatic heterocycles. The second kappa shape index (κ2) is 7.89. The molecule has 1 heterocycles. The van der Waals surface area contributed by atoms with Crippen LogP contribution in [-0.2, 0) is 4.74 Å². The number of ether oxygens (including phenoxy) is 1. The number of hydrogen-bond acceptors (Lipinski definition) is 4. The van der Waals surface area contributed by atoms with Gasteiger partial charge in [-0.2, -0.15) is 13.2 Å². The molecule has 24 heavy (non-hydrogen) atoms. The maximum absolute atomic E-state index is 13.4. The average Bonchev–Trinajstić information content (AvgIpc) is 2.39. The molecule has 0 amide bonds. The molecule has 1 fully saturated rings. The van der Waals surface area contributed by atoms with E-state index < -0.39 is 23.7 Å². The van der Waals surface area contributed by atoms with Gasteiger partial charge in [-0.3, -0.25) is 4.90 Å². The predicted octanol–water partition coefficient (Wildman–Crippen LogP) is 2.72. The van der Waals surface area contributed by atoms with Gasteiger partial charge in [-0.05, 0) is 41.5 Å². The quantitative estimate of drug-likeness (QED) is 0.825. The summed E-state index contributed by atoms with van der Waals surface area (Å²) in [6.45, 7) is 14.5. The van der Waals surface area contributed by atoms with Crippen molar-refractivity contribution in [3.05, 3.63) is 0 Å². The van der Waals surface area contributed by atoms with E-state index in [-0.39, 0.29) is 18.7 Å². The van der Waals surface area contributed by atoms with Gasteiger partial charge in [-0.15, -0.1) is 0 Å². The highest BCUT2D eigenvalue weighted by atomic mass is 19.4. The first kappa shape index (κ1) is 21.7. The van der Waals surface area contributed by atoms with Crippen LogP contribution >= 0.6 is 0 Å². The number of piperazine rings is 1. The SMILES string of the molecule is CC(C)(C)OCC(N)C(CN1CCN(C(C)(C)C)CC1)C(F)(F)F. The molecular weight excluding hydrogens is 319 g/mol. The van der Waals surface area contributed by atoms with Gasteiger partial charge in [-0.1, -0.05) is 0 Å². The summed E-state index contributed by atoms with van der Waals surface area (Å²) in [6.07, 6.45) is -4.32. The molecule has 2 N–H and O–H groups in total. The lowest BCUT2D eigenvalue weighted by molar-refractivity contribution is -0.192. The van der Waals surface area contributed by atoms with Crippen LogP contribution in [0, 0.1) is 5.92 Å². The zero-order chi connectivity index (χ0) is 18.8. The van der Waals surface area contributed by atoms with Crippen LogP contribution in [0.3, 0.4) is 0 Å². The van der Waals surface area contributed by atoms with Gasteiger partial charge in [0.1, 0.15) is 0 Å². The molecule has 4 nitrogen and oxygen atoms in total. The highest BCUT2D eigenvalue weighted by molar-refractivity contribution is 4.87. The fourth-order valence-corrected chi connectivity index (χ4v) is 2.82. The Morgan fingerprint density at radius 2 is 1.46 bits per heavy atom. The van der Waals surface area contributed by atoms with E-state index >= 15 is 0 Å². The summed E-state index contributed by atoms with van der Waals surface area (Å²) in [5, 5.41) is 0. The zero-order valence-electron chi connectivity index (χ0n) is 15.9. The summed E-state index contributed by atoms with van der Waals surface area (Å²) < 4.78 is 45.8. The number of nitrogens with zero attached hydrogens (tertiary/aromatic N) is 2. The lowest BCUT2D eigenvalue weighted by Gasteiger charge is -2.43. The number of nitrogens with two attached hydrogens (primary N) is 1. The molecule has 0 aromatic heterocycles. The molecule has 0 saturated carbocycles. The Bertz CT molecular complexity index is 380. The van der Waals surface area contributed by atoms with Gasteiger partial charge in [0.05, 0.1) is 18.1 Å². The standard InChI is InChI=1S/C17H34F3N3O/c1-15(2,3)23-9-7-22(8-10-23)11-13(17(18,19)20)14(21)12-24-16(4,5)6/h13-14H,7-12,21H2,1-6H3. The van der Waals surface area contributed by atoms with Gasteiger partial charge in [0, 0.05) is 44.3 Å². The van der Waals surface area contributed by atoms with E-state index in [4.69, 9.17) is 10.5 Å². The fraction of sp³-hybridized carbons (Fsp3) is 1.00. The minimum Gasteiger partial charge on any atom is -0.374 e. The minimum atomic E-state index is -4.32. The molecule has 0 aliphatic carbocycles. The molecule has 144 valence electrons. The molecule has 0 aromatic carbocycles. The summed E-state index contributed by atoms with van der Waals surface area (Å²) in [5.74, 6) is -1.57. The molecule has 1 saturated heterocycles. The van der Waals surface area contributed by atoms with Crippen molar-refractivity contribution in [2.75, 3.05) is 39.3 Å². The molecule has 1 aliphatic rings. The van der Waals surface area contributed by atoms with Crippen LogP contribution in [0.25, 0.3) is 0 Å². The van der Waals surface area contributed by atoms with E-state index in [0.717, 1.165) is 13.1 Å². The summed E-state index contributed by atoms with van der Waals surface area (Å²) in [6, 6.07) is -1.05.